The van der Waals surface area contributed by atoms with Crippen molar-refractivity contribution < 1.29 is 14.3 Å². The molecule has 8 nitrogen and oxygen atoms in total. The van der Waals surface area contributed by atoms with Crippen LogP contribution in [0.15, 0.2) is 53.3 Å². The fraction of sp³-hybridized carbons (Fsp3) is 0.346. The highest BCUT2D eigenvalue weighted by Crippen LogP contribution is 2.23. The molecule has 1 aliphatic rings. The smallest absolute Gasteiger partial charge is 0.257 e. The molecular formula is C26H30N4O4. The van der Waals surface area contributed by atoms with Gasteiger partial charge in [0.1, 0.15) is 17.1 Å². The molecule has 1 aliphatic heterocycles. The molecule has 8 heteroatoms. The highest BCUT2D eigenvalue weighted by molar-refractivity contribution is 5.98. The largest absolute Gasteiger partial charge is 0.497 e. The van der Waals surface area contributed by atoms with E-state index in [9.17, 15) is 9.59 Å². The molecule has 0 saturated heterocycles. The van der Waals surface area contributed by atoms with Gasteiger partial charge in [-0.15, -0.1) is 0 Å². The summed E-state index contributed by atoms with van der Waals surface area (Å²) < 4.78 is 12.3. The number of hydrogen-bond donors (Lipinski definition) is 1. The first kappa shape index (κ1) is 23.5. The normalized spacial score (nSPS) is 13.6. The van der Waals surface area contributed by atoms with Gasteiger partial charge in [0.2, 0.25) is 0 Å². The third-order valence-corrected chi connectivity index (χ3v) is 6.08. The lowest BCUT2D eigenvalue weighted by molar-refractivity contribution is 0.0945. The van der Waals surface area contributed by atoms with Crippen molar-refractivity contribution in [3.63, 3.8) is 0 Å². The zero-order chi connectivity index (χ0) is 24.1. The van der Waals surface area contributed by atoms with Gasteiger partial charge in [-0.3, -0.25) is 19.5 Å². The molecule has 0 atom stereocenters. The molecule has 1 aromatic carbocycles. The molecule has 1 amide bonds. The Bertz CT molecular complexity index is 1220. The number of amides is 1. The van der Waals surface area contributed by atoms with Gasteiger partial charge in [0, 0.05) is 56.6 Å². The first-order chi connectivity index (χ1) is 16.5. The Labute approximate surface area is 199 Å². The molecule has 2 aromatic heterocycles. The van der Waals surface area contributed by atoms with E-state index in [0.717, 1.165) is 22.7 Å². The molecule has 3 heterocycles. The number of aromatic nitrogens is 2. The van der Waals surface area contributed by atoms with Crippen molar-refractivity contribution in [1.29, 1.82) is 0 Å². The van der Waals surface area contributed by atoms with Crippen LogP contribution in [-0.2, 0) is 26.1 Å². The Morgan fingerprint density at radius 1 is 1.06 bits per heavy atom. The molecule has 0 unspecified atom stereocenters. The number of fused-ring (bicyclic) bond motifs is 1. The van der Waals surface area contributed by atoms with Crippen LogP contribution in [0.25, 0.3) is 0 Å². The van der Waals surface area contributed by atoms with Gasteiger partial charge in [-0.2, -0.15) is 0 Å². The summed E-state index contributed by atoms with van der Waals surface area (Å²) in [6.45, 7) is 4.94. The summed E-state index contributed by atoms with van der Waals surface area (Å²) in [5.41, 5.74) is 3.89. The number of carbonyl (C=O) groups excluding carboxylic acids is 1. The molecule has 3 aromatic rings. The molecule has 0 radical (unpaired) electrons. The first-order valence-corrected chi connectivity index (χ1v) is 11.3. The number of aryl methyl sites for hydroxylation is 1. The van der Waals surface area contributed by atoms with Crippen LogP contribution in [0.1, 0.15) is 33.0 Å². The van der Waals surface area contributed by atoms with E-state index in [1.165, 1.54) is 13.2 Å². The highest BCUT2D eigenvalue weighted by Gasteiger charge is 2.25. The van der Waals surface area contributed by atoms with Crippen LogP contribution >= 0.6 is 0 Å². The van der Waals surface area contributed by atoms with E-state index >= 15 is 0 Å². The molecule has 0 spiro atoms. The summed E-state index contributed by atoms with van der Waals surface area (Å²) in [4.78, 5) is 33.0. The minimum atomic E-state index is -0.259. The van der Waals surface area contributed by atoms with Crippen molar-refractivity contribution in [1.82, 2.24) is 19.8 Å². The van der Waals surface area contributed by atoms with Crippen molar-refractivity contribution >= 4 is 5.91 Å². The Hall–Kier alpha value is -3.65. The standard InChI is InChI=1S/C26H30N4O4/c1-18-5-4-6-20(28-18)17-29-12-11-22-25(23(34-3)15-24(31)30(22)14-13-29)26(32)27-16-19-7-9-21(33-2)10-8-19/h4-10,15H,11-14,16-17H2,1-3H3,(H,27,32). The van der Waals surface area contributed by atoms with Crippen molar-refractivity contribution in [3.8, 4) is 11.5 Å². The van der Waals surface area contributed by atoms with Gasteiger partial charge >= 0.3 is 0 Å². The minimum Gasteiger partial charge on any atom is -0.497 e. The zero-order valence-corrected chi connectivity index (χ0v) is 19.8. The third kappa shape index (κ3) is 5.28. The SMILES string of the molecule is COc1ccc(CNC(=O)c2c(OC)cc(=O)n3c2CCN(Cc2cccc(C)n2)CC3)cc1. The van der Waals surface area contributed by atoms with E-state index in [1.54, 1.807) is 11.7 Å². The summed E-state index contributed by atoms with van der Waals surface area (Å²) in [5, 5.41) is 2.98. The quantitative estimate of drug-likeness (QED) is 0.581. The number of rotatable bonds is 7. The van der Waals surface area contributed by atoms with Crippen molar-refractivity contribution in [2.45, 2.75) is 33.0 Å². The van der Waals surface area contributed by atoms with Crippen LogP contribution < -0.4 is 20.3 Å². The van der Waals surface area contributed by atoms with Crippen molar-refractivity contribution in [3.05, 3.63) is 87.1 Å². The maximum absolute atomic E-state index is 13.3. The second-order valence-corrected chi connectivity index (χ2v) is 8.35. The lowest BCUT2D eigenvalue weighted by Crippen LogP contribution is -2.31. The second kappa shape index (κ2) is 10.5. The number of pyridine rings is 2. The summed E-state index contributed by atoms with van der Waals surface area (Å²) in [7, 11) is 3.10. The molecule has 0 bridgehead atoms. The monoisotopic (exact) mass is 462 g/mol. The molecule has 1 N–H and O–H groups in total. The molecule has 4 rings (SSSR count). The molecule has 0 fully saturated rings. The van der Waals surface area contributed by atoms with E-state index in [2.05, 4.69) is 15.2 Å². The van der Waals surface area contributed by atoms with Gasteiger partial charge in [0.05, 0.1) is 19.9 Å². The number of hydrogen-bond acceptors (Lipinski definition) is 6. The van der Waals surface area contributed by atoms with Gasteiger partial charge in [-0.25, -0.2) is 0 Å². The van der Waals surface area contributed by atoms with Crippen LogP contribution in [0.3, 0.4) is 0 Å². The summed E-state index contributed by atoms with van der Waals surface area (Å²) in [5.74, 6) is 0.803. The van der Waals surface area contributed by atoms with E-state index < -0.39 is 0 Å². The average molecular weight is 463 g/mol. The average Bonchev–Trinajstić information content (AvgIpc) is 3.06. The van der Waals surface area contributed by atoms with E-state index in [-0.39, 0.29) is 11.5 Å². The Morgan fingerprint density at radius 2 is 1.85 bits per heavy atom. The molecular weight excluding hydrogens is 432 g/mol. The highest BCUT2D eigenvalue weighted by atomic mass is 16.5. The lowest BCUT2D eigenvalue weighted by Gasteiger charge is -2.19. The van der Waals surface area contributed by atoms with Gasteiger partial charge in [-0.1, -0.05) is 18.2 Å². The summed E-state index contributed by atoms with van der Waals surface area (Å²) >= 11 is 0. The van der Waals surface area contributed by atoms with Crippen LogP contribution in [0.2, 0.25) is 0 Å². The lowest BCUT2D eigenvalue weighted by atomic mass is 10.1. The van der Waals surface area contributed by atoms with Crippen LogP contribution in [0, 0.1) is 6.92 Å². The number of nitrogens with one attached hydrogen (secondary N) is 1. The Morgan fingerprint density at radius 3 is 2.56 bits per heavy atom. The molecule has 34 heavy (non-hydrogen) atoms. The maximum Gasteiger partial charge on any atom is 0.257 e. The molecule has 178 valence electrons. The third-order valence-electron chi connectivity index (χ3n) is 6.08. The van der Waals surface area contributed by atoms with Crippen LogP contribution in [0.4, 0.5) is 0 Å². The van der Waals surface area contributed by atoms with Gasteiger partial charge in [-0.05, 0) is 36.8 Å². The second-order valence-electron chi connectivity index (χ2n) is 8.35. The number of benzene rings is 1. The van der Waals surface area contributed by atoms with E-state index in [1.807, 2.05) is 49.4 Å². The Kier molecular flexibility index (Phi) is 7.27. The molecule has 0 aliphatic carbocycles. The number of methoxy groups -OCH3 is 2. The molecule has 0 saturated carbocycles. The number of nitrogens with zero attached hydrogens (tertiary/aromatic N) is 3. The predicted molar refractivity (Wildman–Crippen MR) is 129 cm³/mol. The maximum atomic E-state index is 13.3. The van der Waals surface area contributed by atoms with E-state index in [4.69, 9.17) is 9.47 Å². The summed E-state index contributed by atoms with van der Waals surface area (Å²) in [6.07, 6.45) is 0.559. The van der Waals surface area contributed by atoms with Crippen molar-refractivity contribution in [2.75, 3.05) is 27.3 Å². The van der Waals surface area contributed by atoms with E-state index in [0.29, 0.717) is 56.2 Å². The van der Waals surface area contributed by atoms with Crippen LogP contribution in [-0.4, -0.2) is 47.7 Å². The summed E-state index contributed by atoms with van der Waals surface area (Å²) in [6, 6.07) is 14.9. The number of carbonyl (C=O) groups is 1. The zero-order valence-electron chi connectivity index (χ0n) is 19.8. The first-order valence-electron chi connectivity index (χ1n) is 11.3. The predicted octanol–water partition coefficient (Wildman–Crippen LogP) is 2.56. The van der Waals surface area contributed by atoms with Gasteiger partial charge in [0.15, 0.2) is 0 Å². The van der Waals surface area contributed by atoms with Gasteiger partial charge in [0.25, 0.3) is 11.5 Å². The topological polar surface area (TPSA) is 85.7 Å². The number of ether oxygens (including phenoxy) is 2. The Balaban J connectivity index is 1.54. The van der Waals surface area contributed by atoms with Gasteiger partial charge < -0.3 is 19.4 Å². The minimum absolute atomic E-state index is 0.158. The fourth-order valence-electron chi connectivity index (χ4n) is 4.29. The van der Waals surface area contributed by atoms with Crippen LogP contribution in [0.5, 0.6) is 11.5 Å². The fourth-order valence-corrected chi connectivity index (χ4v) is 4.29. The van der Waals surface area contributed by atoms with Crippen molar-refractivity contribution in [2.24, 2.45) is 0 Å².